The second-order valence-corrected chi connectivity index (χ2v) is 11.0. The Balaban J connectivity index is 1.90. The van der Waals surface area contributed by atoms with Gasteiger partial charge in [0.05, 0.1) is 7.11 Å². The average molecular weight is 464 g/mol. The number of nitrogens with zero attached hydrogens (tertiary/aromatic N) is 1. The Labute approximate surface area is 187 Å². The lowest BCUT2D eigenvalue weighted by Gasteiger charge is -2.43. The predicted octanol–water partition coefficient (Wildman–Crippen LogP) is 3.54. The fourth-order valence-corrected chi connectivity index (χ4v) is 6.50. The van der Waals surface area contributed by atoms with E-state index < -0.39 is 18.5 Å². The number of benzene rings is 2. The zero-order valence-corrected chi connectivity index (χ0v) is 19.1. The largest absolute Gasteiger partial charge is 0.497 e. The van der Waals surface area contributed by atoms with Gasteiger partial charge in [0, 0.05) is 25.8 Å². The molecule has 32 heavy (non-hydrogen) atoms. The summed E-state index contributed by atoms with van der Waals surface area (Å²) >= 11 is 0. The SMILES string of the molecule is COc1ccc(-c2cc(F)ccc2CN2CCP(=O)(O)[C@](CCCCN)(C(=O)O)C2)cc1. The van der Waals surface area contributed by atoms with E-state index in [2.05, 4.69) is 0 Å². The molecule has 0 saturated carbocycles. The van der Waals surface area contributed by atoms with Crippen LogP contribution in [0.25, 0.3) is 11.1 Å². The van der Waals surface area contributed by atoms with Crippen LogP contribution < -0.4 is 10.5 Å². The quantitative estimate of drug-likeness (QED) is 0.384. The highest BCUT2D eigenvalue weighted by Gasteiger charge is 2.56. The number of methoxy groups -OCH3 is 1. The molecule has 1 heterocycles. The minimum atomic E-state index is -3.91. The molecule has 4 N–H and O–H groups in total. The van der Waals surface area contributed by atoms with E-state index in [0.717, 1.165) is 11.1 Å². The van der Waals surface area contributed by atoms with E-state index in [1.54, 1.807) is 25.3 Å². The number of hydrogen-bond acceptors (Lipinski definition) is 5. The highest BCUT2D eigenvalue weighted by Crippen LogP contribution is 2.59. The van der Waals surface area contributed by atoms with Gasteiger partial charge in [0.2, 0.25) is 7.37 Å². The molecule has 0 radical (unpaired) electrons. The molecule has 0 amide bonds. The maximum Gasteiger partial charge on any atom is 0.320 e. The van der Waals surface area contributed by atoms with Crippen molar-refractivity contribution in [1.29, 1.82) is 0 Å². The first kappa shape index (κ1) is 24.4. The lowest BCUT2D eigenvalue weighted by Crippen LogP contribution is -2.53. The smallest absolute Gasteiger partial charge is 0.320 e. The summed E-state index contributed by atoms with van der Waals surface area (Å²) in [5.41, 5.74) is 7.84. The summed E-state index contributed by atoms with van der Waals surface area (Å²) in [7, 11) is -2.34. The van der Waals surface area contributed by atoms with Crippen molar-refractivity contribution in [3.05, 3.63) is 53.8 Å². The summed E-state index contributed by atoms with van der Waals surface area (Å²) in [6.45, 7) is 0.989. The number of halogens is 1. The van der Waals surface area contributed by atoms with Crippen LogP contribution in [0.4, 0.5) is 4.39 Å². The van der Waals surface area contributed by atoms with E-state index in [0.29, 0.717) is 43.8 Å². The summed E-state index contributed by atoms with van der Waals surface area (Å²) in [5, 5.41) is 8.25. The summed E-state index contributed by atoms with van der Waals surface area (Å²) in [6.07, 6.45) is 1.06. The molecule has 1 aliphatic heterocycles. The van der Waals surface area contributed by atoms with E-state index in [1.807, 2.05) is 17.0 Å². The zero-order valence-electron chi connectivity index (χ0n) is 18.2. The van der Waals surface area contributed by atoms with Gasteiger partial charge in [-0.3, -0.25) is 14.3 Å². The van der Waals surface area contributed by atoms with E-state index >= 15 is 0 Å². The Morgan fingerprint density at radius 1 is 1.25 bits per heavy atom. The number of hydrogen-bond donors (Lipinski definition) is 3. The number of ether oxygens (including phenoxy) is 1. The van der Waals surface area contributed by atoms with Crippen LogP contribution in [0.5, 0.6) is 5.75 Å². The van der Waals surface area contributed by atoms with Gasteiger partial charge in [0.15, 0.2) is 5.16 Å². The number of carbonyl (C=O) groups is 1. The molecule has 0 aromatic heterocycles. The second-order valence-electron chi connectivity index (χ2n) is 8.25. The van der Waals surface area contributed by atoms with Crippen molar-refractivity contribution in [1.82, 2.24) is 4.90 Å². The Bertz CT molecular complexity index is 1000. The highest BCUT2D eigenvalue weighted by molar-refractivity contribution is 7.61. The van der Waals surface area contributed by atoms with Gasteiger partial charge in [-0.05, 0) is 60.3 Å². The molecular weight excluding hydrogens is 434 g/mol. The van der Waals surface area contributed by atoms with E-state index in [1.165, 1.54) is 12.1 Å². The van der Waals surface area contributed by atoms with Crippen molar-refractivity contribution in [2.24, 2.45) is 5.73 Å². The summed E-state index contributed by atoms with van der Waals surface area (Å²) in [6, 6.07) is 11.8. The third kappa shape index (κ3) is 5.04. The van der Waals surface area contributed by atoms with E-state index in [9.17, 15) is 23.7 Å². The highest BCUT2D eigenvalue weighted by atomic mass is 31.2. The Hall–Kier alpha value is -2.25. The van der Waals surface area contributed by atoms with Crippen LogP contribution in [-0.4, -0.2) is 58.9 Å². The third-order valence-electron chi connectivity index (χ3n) is 6.18. The first-order chi connectivity index (χ1) is 15.2. The number of nitrogens with two attached hydrogens (primary N) is 1. The van der Waals surface area contributed by atoms with Gasteiger partial charge in [-0.25, -0.2) is 4.39 Å². The maximum absolute atomic E-state index is 14.1. The second kappa shape index (κ2) is 10.1. The summed E-state index contributed by atoms with van der Waals surface area (Å²) in [5.74, 6) is -0.940. The molecule has 0 aliphatic carbocycles. The lowest BCUT2D eigenvalue weighted by atomic mass is 9.97. The Kier molecular flexibility index (Phi) is 7.72. The van der Waals surface area contributed by atoms with Crippen LogP contribution in [0.15, 0.2) is 42.5 Å². The minimum Gasteiger partial charge on any atom is -0.497 e. The monoisotopic (exact) mass is 464 g/mol. The third-order valence-corrected chi connectivity index (χ3v) is 8.88. The van der Waals surface area contributed by atoms with Gasteiger partial charge >= 0.3 is 5.97 Å². The van der Waals surface area contributed by atoms with Gasteiger partial charge in [-0.15, -0.1) is 0 Å². The van der Waals surface area contributed by atoms with Crippen molar-refractivity contribution in [2.45, 2.75) is 31.0 Å². The summed E-state index contributed by atoms with van der Waals surface area (Å²) < 4.78 is 32.2. The molecule has 2 atom stereocenters. The van der Waals surface area contributed by atoms with Gasteiger partial charge in [0.25, 0.3) is 0 Å². The lowest BCUT2D eigenvalue weighted by molar-refractivity contribution is -0.141. The maximum atomic E-state index is 14.1. The predicted molar refractivity (Wildman–Crippen MR) is 122 cm³/mol. The average Bonchev–Trinajstić information content (AvgIpc) is 2.77. The van der Waals surface area contributed by atoms with Crippen molar-refractivity contribution in [3.63, 3.8) is 0 Å². The molecule has 1 unspecified atom stereocenters. The fourth-order valence-electron chi connectivity index (χ4n) is 4.29. The molecular formula is C23H30FN2O5P. The van der Waals surface area contributed by atoms with Gasteiger partial charge in [-0.1, -0.05) is 24.6 Å². The van der Waals surface area contributed by atoms with Crippen LogP contribution >= 0.6 is 7.37 Å². The zero-order chi connectivity index (χ0) is 23.4. The van der Waals surface area contributed by atoms with Crippen molar-refractivity contribution in [2.75, 3.05) is 32.9 Å². The first-order valence-corrected chi connectivity index (χ1v) is 12.5. The first-order valence-electron chi connectivity index (χ1n) is 10.6. The van der Waals surface area contributed by atoms with Crippen molar-refractivity contribution >= 4 is 13.3 Å². The minimum absolute atomic E-state index is 0.0416. The molecule has 7 nitrogen and oxygen atoms in total. The molecule has 0 spiro atoms. The van der Waals surface area contributed by atoms with Crippen LogP contribution in [0.3, 0.4) is 0 Å². The number of carboxylic acid groups (broad SMARTS) is 1. The normalized spacial score (nSPS) is 23.8. The molecule has 1 aliphatic rings. The molecule has 2 aromatic rings. The molecule has 1 fully saturated rings. The standard InChI is InChI=1S/C23H30FN2O5P/c1-31-20-8-5-17(6-9-20)21-14-19(24)7-4-18(21)15-26-12-13-32(29,30)23(16-26,22(27)28)10-2-3-11-25/h4-9,14H,2-3,10-13,15-16,25H2,1H3,(H,27,28)(H,29,30)/t23-/m0/s1. The van der Waals surface area contributed by atoms with Crippen LogP contribution in [-0.2, 0) is 15.9 Å². The molecule has 174 valence electrons. The van der Waals surface area contributed by atoms with Gasteiger partial charge < -0.3 is 20.5 Å². The Morgan fingerprint density at radius 3 is 2.59 bits per heavy atom. The van der Waals surface area contributed by atoms with Crippen LogP contribution in [0.1, 0.15) is 24.8 Å². The van der Waals surface area contributed by atoms with E-state index in [4.69, 9.17) is 10.5 Å². The topological polar surface area (TPSA) is 113 Å². The Morgan fingerprint density at radius 2 is 1.97 bits per heavy atom. The number of aliphatic carboxylic acids is 1. The number of carboxylic acids is 1. The molecule has 0 bridgehead atoms. The van der Waals surface area contributed by atoms with E-state index in [-0.39, 0.29) is 24.9 Å². The summed E-state index contributed by atoms with van der Waals surface area (Å²) in [4.78, 5) is 24.7. The molecule has 1 saturated heterocycles. The molecule has 2 aromatic carbocycles. The number of rotatable bonds is 9. The van der Waals surface area contributed by atoms with Crippen molar-refractivity contribution in [3.8, 4) is 16.9 Å². The van der Waals surface area contributed by atoms with Crippen LogP contribution in [0.2, 0.25) is 0 Å². The number of unbranched alkanes of at least 4 members (excludes halogenated alkanes) is 1. The van der Waals surface area contributed by atoms with Gasteiger partial charge in [0.1, 0.15) is 11.6 Å². The molecule has 3 rings (SSSR count). The van der Waals surface area contributed by atoms with Gasteiger partial charge in [-0.2, -0.15) is 0 Å². The fraction of sp³-hybridized carbons (Fsp3) is 0.435. The molecule has 9 heteroatoms. The van der Waals surface area contributed by atoms with Crippen LogP contribution in [0, 0.1) is 5.82 Å². The van der Waals surface area contributed by atoms with Crippen molar-refractivity contribution < 1.29 is 28.5 Å².